The minimum atomic E-state index is -3.72. The minimum absolute atomic E-state index is 0.0117. The molecule has 0 aromatic heterocycles. The largest absolute Gasteiger partial charge is 0.539 e. The van der Waals surface area contributed by atoms with E-state index in [1.807, 2.05) is 48.5 Å². The van der Waals surface area contributed by atoms with E-state index in [9.17, 15) is 29.1 Å². The van der Waals surface area contributed by atoms with Crippen LogP contribution in [-0.2, 0) is 40.9 Å². The number of aliphatic hydroxyl groups excluding tert-OH is 1. The van der Waals surface area contributed by atoms with Crippen LogP contribution < -0.4 is 20.7 Å². The first-order valence-electron chi connectivity index (χ1n) is 17.1. The van der Waals surface area contributed by atoms with Gasteiger partial charge in [0.2, 0.25) is 0 Å². The Balaban J connectivity index is 0.000000316. The molecule has 56 heavy (non-hydrogen) atoms. The first-order chi connectivity index (χ1) is 26.6. The fourth-order valence-electron chi connectivity index (χ4n) is 4.66. The zero-order valence-electron chi connectivity index (χ0n) is 32.5. The predicted molar refractivity (Wildman–Crippen MR) is 222 cm³/mol. The molecule has 17 heteroatoms. The van der Waals surface area contributed by atoms with Gasteiger partial charge in [-0.15, -0.1) is 0 Å². The number of aliphatic hydroxyl groups is 1. The summed E-state index contributed by atoms with van der Waals surface area (Å²) in [5.74, 6) is -1.08. The van der Waals surface area contributed by atoms with Gasteiger partial charge in [-0.2, -0.15) is 0 Å². The maximum Gasteiger partial charge on any atom is 0.539 e. The van der Waals surface area contributed by atoms with Crippen molar-refractivity contribution in [1.29, 1.82) is 0 Å². The molecule has 4 N–H and O–H groups in total. The summed E-state index contributed by atoms with van der Waals surface area (Å²) in [5, 5.41) is 12.4. The highest BCUT2D eigenvalue weighted by molar-refractivity contribution is 6.96. The van der Waals surface area contributed by atoms with Crippen LogP contribution in [0.15, 0.2) is 146 Å². The number of rotatable bonds is 17. The molecule has 4 aromatic carbocycles. The fraction of sp³-hybridized carbons (Fsp3) is 0.231. The fourth-order valence-corrected chi connectivity index (χ4v) is 13.7. The number of carbonyl (C=O) groups is 2. The average Bonchev–Trinajstić information content (AvgIpc) is 3.24. The topological polar surface area (TPSA) is 180 Å². The van der Waals surface area contributed by atoms with Gasteiger partial charge < -0.3 is 50.8 Å². The van der Waals surface area contributed by atoms with Gasteiger partial charge in [0.25, 0.3) is 0 Å². The van der Waals surface area contributed by atoms with E-state index in [0.717, 1.165) is 0 Å². The summed E-state index contributed by atoms with van der Waals surface area (Å²) in [6, 6.07) is 35.9. The van der Waals surface area contributed by atoms with Crippen LogP contribution in [0.25, 0.3) is 0 Å². The van der Waals surface area contributed by atoms with Crippen LogP contribution in [0.2, 0.25) is 0 Å². The lowest BCUT2D eigenvalue weighted by Crippen LogP contribution is -2.69. The van der Waals surface area contributed by atoms with Crippen molar-refractivity contribution in [1.82, 2.24) is 0 Å². The standard InChI is InChI=1S/C19H24O6Si2.C12H12O2Si.C8H16O5Si/c1-16(2)19(21)24-15-26(14-20,23-3)25-27(22,17-10-6-4-7-11-17)18-12-8-5-9-13-18;13-15(14,11-7-3-1-4-8-11)12-9-5-2-6-10-12;1-7(2)8(9)13-6-14(10-3,11-4)12-5/h4-13,20,22H,1,14-15H2,2-3H3;1-10,13-14H;1,6H2,2-5H3. The Kier molecular flexibility index (Phi) is 19.8. The van der Waals surface area contributed by atoms with E-state index in [4.69, 9.17) is 31.3 Å². The SMILES string of the molecule is C=C(C)C(=O)OC[Si](CO)(OC)O[Si](O)(c1ccccc1)c1ccccc1.C=C(C)C(=O)OC[Si](OC)(OC)OC.O[Si](O)(c1ccccc1)c1ccccc1. The third-order valence-electron chi connectivity index (χ3n) is 8.06. The number of benzene rings is 4. The van der Waals surface area contributed by atoms with Crippen molar-refractivity contribution < 1.29 is 60.4 Å². The van der Waals surface area contributed by atoms with Crippen LogP contribution in [0.3, 0.4) is 0 Å². The number of carbonyl (C=O) groups excluding carboxylic acids is 2. The lowest BCUT2D eigenvalue weighted by molar-refractivity contribution is -0.139. The first kappa shape index (κ1) is 48.0. The number of ether oxygens (including phenoxy) is 2. The van der Waals surface area contributed by atoms with Crippen molar-refractivity contribution in [2.75, 3.05) is 47.1 Å². The molecule has 0 spiro atoms. The van der Waals surface area contributed by atoms with Crippen molar-refractivity contribution >= 4 is 67.2 Å². The van der Waals surface area contributed by atoms with Gasteiger partial charge in [0.15, 0.2) is 6.23 Å². The van der Waals surface area contributed by atoms with Gasteiger partial charge in [0.05, 0.1) is 6.23 Å². The molecule has 0 heterocycles. The van der Waals surface area contributed by atoms with Gasteiger partial charge in [-0.05, 0) is 34.6 Å². The summed E-state index contributed by atoms with van der Waals surface area (Å²) >= 11 is 0. The van der Waals surface area contributed by atoms with Gasteiger partial charge in [-0.3, -0.25) is 0 Å². The van der Waals surface area contributed by atoms with E-state index in [0.29, 0.717) is 26.3 Å². The maximum absolute atomic E-state index is 11.8. The molecule has 4 rings (SSSR count). The lowest BCUT2D eigenvalue weighted by Gasteiger charge is -2.36. The van der Waals surface area contributed by atoms with Crippen molar-refractivity contribution in [2.24, 2.45) is 0 Å². The second-order valence-electron chi connectivity index (χ2n) is 12.2. The van der Waals surface area contributed by atoms with Crippen LogP contribution in [0, 0.1) is 0 Å². The Labute approximate surface area is 333 Å². The molecule has 0 aliphatic heterocycles. The van der Waals surface area contributed by atoms with Crippen LogP contribution in [0.5, 0.6) is 0 Å². The number of hydrogen-bond acceptors (Lipinski definition) is 13. The van der Waals surface area contributed by atoms with Gasteiger partial charge in [-0.1, -0.05) is 134 Å². The summed E-state index contributed by atoms with van der Waals surface area (Å²) in [4.78, 5) is 54.8. The van der Waals surface area contributed by atoms with Gasteiger partial charge in [-0.25, -0.2) is 9.59 Å². The Morgan fingerprint density at radius 2 is 0.857 bits per heavy atom. The van der Waals surface area contributed by atoms with Crippen molar-refractivity contribution in [2.45, 2.75) is 13.8 Å². The van der Waals surface area contributed by atoms with E-state index in [2.05, 4.69) is 13.2 Å². The highest BCUT2D eigenvalue weighted by Gasteiger charge is 2.50. The molecule has 4 aromatic rings. The summed E-state index contributed by atoms with van der Waals surface area (Å²) in [7, 11) is -7.72. The summed E-state index contributed by atoms with van der Waals surface area (Å²) in [6.07, 6.45) is -0.759. The average molecular weight is 841 g/mol. The highest BCUT2D eigenvalue weighted by Crippen LogP contribution is 2.16. The molecule has 0 fully saturated rings. The maximum atomic E-state index is 11.8. The Morgan fingerprint density at radius 1 is 0.536 bits per heavy atom. The van der Waals surface area contributed by atoms with E-state index in [1.54, 1.807) is 79.7 Å². The minimum Gasteiger partial charge on any atom is -0.460 e. The first-order valence-corrected chi connectivity index (χ1v) is 25.1. The van der Waals surface area contributed by atoms with Gasteiger partial charge in [0, 0.05) is 39.6 Å². The van der Waals surface area contributed by atoms with E-state index >= 15 is 0 Å². The zero-order valence-corrected chi connectivity index (χ0v) is 36.5. The molecule has 302 valence electrons. The number of hydrogen-bond donors (Lipinski definition) is 4. The zero-order chi connectivity index (χ0) is 41.8. The van der Waals surface area contributed by atoms with E-state index in [1.165, 1.54) is 35.4 Å². The normalized spacial score (nSPS) is 12.4. The molecule has 0 saturated heterocycles. The molecule has 0 radical (unpaired) electrons. The second-order valence-corrected chi connectivity index (χ2v) is 23.6. The Morgan fingerprint density at radius 3 is 1.14 bits per heavy atom. The molecule has 1 atom stereocenters. The molecule has 0 amide bonds. The number of esters is 2. The predicted octanol–water partition coefficient (Wildman–Crippen LogP) is 1.28. The molecular weight excluding hydrogens is 789 g/mol. The van der Waals surface area contributed by atoms with Gasteiger partial charge in [0.1, 0.15) is 6.23 Å². The molecule has 0 aliphatic carbocycles. The summed E-state index contributed by atoms with van der Waals surface area (Å²) < 4.78 is 36.9. The summed E-state index contributed by atoms with van der Waals surface area (Å²) in [5.41, 5.74) is 0.557. The Hall–Kier alpha value is -4.19. The molecule has 0 bridgehead atoms. The van der Waals surface area contributed by atoms with Crippen molar-refractivity contribution in [3.05, 3.63) is 146 Å². The van der Waals surface area contributed by atoms with Crippen molar-refractivity contribution in [3.8, 4) is 0 Å². The molecule has 0 aliphatic rings. The quantitative estimate of drug-likeness (QED) is 0.0680. The third-order valence-corrected chi connectivity index (χ3v) is 19.4. The molecule has 13 nitrogen and oxygen atoms in total. The second kappa shape index (κ2) is 23.1. The Bertz CT molecular complexity index is 1700. The molecule has 0 saturated carbocycles. The van der Waals surface area contributed by atoms with Crippen LogP contribution in [0.1, 0.15) is 13.8 Å². The van der Waals surface area contributed by atoms with Crippen LogP contribution in [-0.4, -0.2) is 113 Å². The van der Waals surface area contributed by atoms with Crippen LogP contribution in [0.4, 0.5) is 0 Å². The monoisotopic (exact) mass is 840 g/mol. The molecular formula is C39H52O13Si4. The smallest absolute Gasteiger partial charge is 0.460 e. The highest BCUT2D eigenvalue weighted by atomic mass is 28.5. The van der Waals surface area contributed by atoms with Crippen molar-refractivity contribution in [3.63, 3.8) is 0 Å². The summed E-state index contributed by atoms with van der Waals surface area (Å²) in [6.45, 7) is 10.1. The van der Waals surface area contributed by atoms with E-state index in [-0.39, 0.29) is 18.0 Å². The lowest BCUT2D eigenvalue weighted by atomic mass is 10.4. The third kappa shape index (κ3) is 13.8. The molecule has 1 unspecified atom stereocenters. The van der Waals surface area contributed by atoms with E-state index < -0.39 is 52.7 Å². The van der Waals surface area contributed by atoms with Crippen LogP contribution >= 0.6 is 0 Å². The van der Waals surface area contributed by atoms with Gasteiger partial charge >= 0.3 is 46.4 Å².